The quantitative estimate of drug-likeness (QED) is 0.0667. The van der Waals surface area contributed by atoms with Crippen molar-refractivity contribution >= 4 is 17.0 Å². The third-order valence-electron chi connectivity index (χ3n) is 13.1. The molecule has 0 saturated heterocycles. The number of imidazole rings is 1. The van der Waals surface area contributed by atoms with Gasteiger partial charge in [0.1, 0.15) is 5.52 Å². The van der Waals surface area contributed by atoms with E-state index in [1.165, 1.54) is 4.57 Å². The Morgan fingerprint density at radius 3 is 0.959 bits per heavy atom. The molecule has 0 spiro atoms. The number of anilines is 1. The maximum absolute atomic E-state index is 12.8. The third kappa shape index (κ3) is 53.9. The normalized spacial score (nSPS) is 11.8. The molecule has 33 nitrogen and oxygen atoms in total. The lowest BCUT2D eigenvalue weighted by atomic mass is 10.2. The summed E-state index contributed by atoms with van der Waals surface area (Å²) in [5.41, 5.74) is 8.27. The van der Waals surface area contributed by atoms with E-state index in [0.29, 0.717) is 328 Å². The minimum Gasteiger partial charge on any atom is -0.463 e. The van der Waals surface area contributed by atoms with Gasteiger partial charge in [-0.3, -0.25) is 14.5 Å². The number of hydrogen-bond donors (Lipinski definition) is 3. The van der Waals surface area contributed by atoms with Crippen molar-refractivity contribution in [1.29, 1.82) is 0 Å². The summed E-state index contributed by atoms with van der Waals surface area (Å²) in [6, 6.07) is 4.05. The van der Waals surface area contributed by atoms with Gasteiger partial charge in [0.25, 0.3) is 0 Å². The molecule has 3 rings (SSSR count). The summed E-state index contributed by atoms with van der Waals surface area (Å²) in [4.78, 5) is 30.9. The van der Waals surface area contributed by atoms with Crippen LogP contribution in [-0.2, 0) is 122 Å². The van der Waals surface area contributed by atoms with Gasteiger partial charge in [-0.25, -0.2) is 4.79 Å². The minimum absolute atomic E-state index is 0.0158. The molecule has 0 unspecified atom stereocenters. The fourth-order valence-electron chi connectivity index (χ4n) is 7.96. The lowest BCUT2D eigenvalue weighted by molar-refractivity contribution is -0.0319. The van der Waals surface area contributed by atoms with Crippen molar-refractivity contribution in [3.05, 3.63) is 40.1 Å². The average Bonchev–Trinajstić information content (AvgIpc) is 1.63. The number of aromatic nitrogens is 5. The largest absolute Gasteiger partial charge is 0.463 e. The highest BCUT2D eigenvalue weighted by Crippen LogP contribution is 2.19. The van der Waals surface area contributed by atoms with Gasteiger partial charge in [-0.1, -0.05) is 19.4 Å². The summed E-state index contributed by atoms with van der Waals surface area (Å²) < 4.78 is 134. The number of H-pyrrole nitrogens is 1. The number of nitrogens with zero attached hydrogens (tertiary/aromatic N) is 5. The fourth-order valence-corrected chi connectivity index (χ4v) is 7.96. The Morgan fingerprint density at radius 1 is 0.408 bits per heavy atom. The first-order chi connectivity index (χ1) is 48.5. The van der Waals surface area contributed by atoms with Crippen molar-refractivity contribution < 1.29 is 119 Å². The highest BCUT2D eigenvalue weighted by molar-refractivity contribution is 5.81. The number of nitrogens with two attached hydrogens (primary N) is 1. The molecule has 0 aliphatic carbocycles. The maximum atomic E-state index is 12.8. The van der Waals surface area contributed by atoms with Crippen LogP contribution in [0.1, 0.15) is 31.0 Å². The maximum Gasteiger partial charge on any atom is 0.328 e. The molecule has 33 heteroatoms. The molecule has 570 valence electrons. The van der Waals surface area contributed by atoms with E-state index in [1.54, 1.807) is 6.20 Å². The van der Waals surface area contributed by atoms with E-state index >= 15 is 0 Å². The van der Waals surface area contributed by atoms with Gasteiger partial charge >= 0.3 is 11.7 Å². The Labute approximate surface area is 578 Å². The second kappa shape index (κ2) is 68.8. The number of fused-ring (bicyclic) bond motifs is 1. The van der Waals surface area contributed by atoms with Crippen LogP contribution in [0.2, 0.25) is 0 Å². The lowest BCUT2D eigenvalue weighted by Gasteiger charge is -2.16. The average molecular weight is 1410 g/mol. The zero-order chi connectivity index (χ0) is 69.6. The monoisotopic (exact) mass is 1410 g/mol. The minimum atomic E-state index is -0.334. The molecule has 0 aliphatic heterocycles. The Hall–Kier alpha value is -3.90. The summed E-state index contributed by atoms with van der Waals surface area (Å²) in [5, 5.41) is 8.62. The summed E-state index contributed by atoms with van der Waals surface area (Å²) >= 11 is 0. The van der Waals surface area contributed by atoms with Crippen LogP contribution in [0.5, 0.6) is 6.01 Å². The van der Waals surface area contributed by atoms with Gasteiger partial charge in [0.2, 0.25) is 0 Å². The Morgan fingerprint density at radius 2 is 0.694 bits per heavy atom. The molecule has 0 atom stereocenters. The van der Waals surface area contributed by atoms with E-state index in [4.69, 9.17) is 125 Å². The molecule has 3 aromatic heterocycles. The third-order valence-corrected chi connectivity index (χ3v) is 13.1. The van der Waals surface area contributed by atoms with E-state index in [1.807, 2.05) is 19.2 Å². The SMILES string of the molecule is CCCCOc1nc(N)c2[nH]c(=O)n(Cc3ccc(CN(C)CCOCCOCCOCCOCCOCCOCCOCCOCCOCCOCCOCCOCCOCCOCCOCCOCCOCCOCCOCCOCCOCCOCCOCCO)nc3)c2n1. The van der Waals surface area contributed by atoms with E-state index in [-0.39, 0.29) is 30.7 Å². The number of aromatic amines is 1. The highest BCUT2D eigenvalue weighted by Gasteiger charge is 2.16. The van der Waals surface area contributed by atoms with Crippen LogP contribution in [0.15, 0.2) is 23.1 Å². The first-order valence-corrected chi connectivity index (χ1v) is 34.4. The molecule has 4 N–H and O–H groups in total. The number of ether oxygens (including phenoxy) is 24. The number of aliphatic hydroxyl groups excluding tert-OH is 1. The fraction of sp³-hybridized carbons (Fsp3) is 0.846. The number of nitrogen functional groups attached to an aromatic ring is 1. The first-order valence-electron chi connectivity index (χ1n) is 34.4. The number of rotatable bonds is 79. The smallest absolute Gasteiger partial charge is 0.328 e. The van der Waals surface area contributed by atoms with Crippen molar-refractivity contribution in [2.24, 2.45) is 0 Å². The summed E-state index contributed by atoms with van der Waals surface area (Å²) in [6.45, 7) is 26.2. The van der Waals surface area contributed by atoms with Crippen LogP contribution < -0.4 is 16.2 Å². The Balaban J connectivity index is 0.887. The standard InChI is InChI=1S/C65H119N7O26/c1-3-4-9-98-64-69-62(66)61-63(70-64)72(65(74)68-61)57-59-5-6-60(67-56-59)58-71(2)7-10-75-12-14-77-16-18-79-20-22-81-24-26-83-28-30-85-32-34-87-36-38-89-40-42-91-44-46-93-48-50-95-52-54-97-55-53-96-51-49-94-47-45-92-43-41-90-39-37-88-35-33-86-31-29-84-27-25-82-23-21-80-19-17-78-15-13-76-11-8-73/h5-6,56,73H,3-4,7-55,57-58H2,1-2H3,(H,68,74)(H2,66,69,70). The first kappa shape index (κ1) is 88.3. The van der Waals surface area contributed by atoms with Crippen LogP contribution in [0.25, 0.3) is 11.2 Å². The van der Waals surface area contributed by atoms with Gasteiger partial charge < -0.3 is 130 Å². The predicted molar refractivity (Wildman–Crippen MR) is 359 cm³/mol. The summed E-state index contributed by atoms with van der Waals surface area (Å²) in [5.74, 6) is 0.165. The molecule has 0 radical (unpaired) electrons. The molecule has 0 amide bonds. The number of aliphatic hydroxyl groups is 1. The van der Waals surface area contributed by atoms with E-state index in [9.17, 15) is 4.79 Å². The van der Waals surface area contributed by atoms with Crippen LogP contribution >= 0.6 is 0 Å². The highest BCUT2D eigenvalue weighted by atomic mass is 16.6. The van der Waals surface area contributed by atoms with Crippen molar-refractivity contribution in [2.45, 2.75) is 32.9 Å². The van der Waals surface area contributed by atoms with Crippen molar-refractivity contribution in [1.82, 2.24) is 29.4 Å². The van der Waals surface area contributed by atoms with Gasteiger partial charge in [0.15, 0.2) is 11.5 Å². The number of nitrogens with one attached hydrogen (secondary N) is 1. The molecule has 98 heavy (non-hydrogen) atoms. The predicted octanol–water partition coefficient (Wildman–Crippen LogP) is 1.13. The van der Waals surface area contributed by atoms with Crippen LogP contribution in [0, 0.1) is 0 Å². The zero-order valence-corrected chi connectivity index (χ0v) is 58.7. The van der Waals surface area contributed by atoms with E-state index in [2.05, 4.69) is 31.8 Å². The molecule has 0 aromatic carbocycles. The molecule has 0 fully saturated rings. The lowest BCUT2D eigenvalue weighted by Crippen LogP contribution is -2.24. The molecule has 0 bridgehead atoms. The van der Waals surface area contributed by atoms with Gasteiger partial charge in [-0.05, 0) is 25.1 Å². The van der Waals surface area contributed by atoms with E-state index < -0.39 is 0 Å². The van der Waals surface area contributed by atoms with Gasteiger partial charge in [-0.2, -0.15) is 9.97 Å². The Kier molecular flexibility index (Phi) is 62.0. The van der Waals surface area contributed by atoms with Crippen LogP contribution in [0.4, 0.5) is 5.82 Å². The van der Waals surface area contributed by atoms with Crippen molar-refractivity contribution in [3.8, 4) is 6.01 Å². The molecule has 3 aromatic rings. The van der Waals surface area contributed by atoms with Gasteiger partial charge in [0, 0.05) is 19.3 Å². The topological polar surface area (TPSA) is 347 Å². The number of likely N-dealkylation sites (N-methyl/N-ethyl adjacent to an activating group) is 1. The van der Waals surface area contributed by atoms with Crippen molar-refractivity contribution in [3.63, 3.8) is 0 Å². The molecule has 0 aliphatic rings. The van der Waals surface area contributed by atoms with Crippen LogP contribution in [0.3, 0.4) is 0 Å². The second-order valence-electron chi connectivity index (χ2n) is 21.0. The summed E-state index contributed by atoms with van der Waals surface area (Å²) in [7, 11) is 2.01. The van der Waals surface area contributed by atoms with E-state index in [0.717, 1.165) is 30.6 Å². The van der Waals surface area contributed by atoms with Gasteiger partial charge in [-0.15, -0.1) is 0 Å². The van der Waals surface area contributed by atoms with Crippen LogP contribution in [-0.4, -0.2) is 365 Å². The Bertz CT molecular complexity index is 2220. The van der Waals surface area contributed by atoms with Crippen molar-refractivity contribution in [2.75, 3.05) is 336 Å². The molecular formula is C65H119N7O26. The van der Waals surface area contributed by atoms with Gasteiger partial charge in [0.05, 0.1) is 329 Å². The summed E-state index contributed by atoms with van der Waals surface area (Å²) in [6.07, 6.45) is 3.60. The molecule has 3 heterocycles. The second-order valence-corrected chi connectivity index (χ2v) is 21.0. The molecule has 0 saturated carbocycles. The number of pyridine rings is 1. The zero-order valence-electron chi connectivity index (χ0n) is 58.7. The number of unbranched alkanes of at least 4 members (excludes halogenated alkanes) is 1. The molecular weight excluding hydrogens is 1290 g/mol. The number of hydrogen-bond acceptors (Lipinski definition) is 31.